The van der Waals surface area contributed by atoms with E-state index in [4.69, 9.17) is 5.26 Å². The van der Waals surface area contributed by atoms with E-state index in [0.29, 0.717) is 0 Å². The monoisotopic (exact) mass is 329 g/mol. The SMILES string of the molecule is CCCC1CCC(C2CCC(C3CCC(CC#N)CC3)CC2)CC1. The number of rotatable bonds is 5. The number of hydrogen-bond acceptors (Lipinski definition) is 1. The summed E-state index contributed by atoms with van der Waals surface area (Å²) in [6.45, 7) is 2.35. The fourth-order valence-electron chi connectivity index (χ4n) is 6.44. The van der Waals surface area contributed by atoms with E-state index in [1.807, 2.05) is 0 Å². The molecular formula is C23H39N. The van der Waals surface area contributed by atoms with Crippen LogP contribution >= 0.6 is 0 Å². The first kappa shape index (κ1) is 18.3. The molecule has 1 nitrogen and oxygen atoms in total. The Bertz CT molecular complexity index is 385. The van der Waals surface area contributed by atoms with Gasteiger partial charge in [0.2, 0.25) is 0 Å². The number of nitriles is 1. The van der Waals surface area contributed by atoms with Crippen molar-refractivity contribution in [2.24, 2.45) is 35.5 Å². The van der Waals surface area contributed by atoms with Crippen molar-refractivity contribution in [3.63, 3.8) is 0 Å². The molecule has 3 saturated carbocycles. The molecule has 3 rings (SSSR count). The van der Waals surface area contributed by atoms with Gasteiger partial charge in [0.1, 0.15) is 0 Å². The van der Waals surface area contributed by atoms with E-state index in [-0.39, 0.29) is 0 Å². The Morgan fingerprint density at radius 1 is 0.625 bits per heavy atom. The van der Waals surface area contributed by atoms with Crippen LogP contribution in [0.4, 0.5) is 0 Å². The van der Waals surface area contributed by atoms with Gasteiger partial charge in [-0.3, -0.25) is 0 Å². The van der Waals surface area contributed by atoms with Crippen molar-refractivity contribution in [1.29, 1.82) is 5.26 Å². The first-order valence-corrected chi connectivity index (χ1v) is 11.2. The molecule has 3 aliphatic rings. The van der Waals surface area contributed by atoms with Gasteiger partial charge in [-0.2, -0.15) is 5.26 Å². The zero-order valence-corrected chi connectivity index (χ0v) is 16.0. The molecule has 0 atom stereocenters. The number of hydrogen-bond donors (Lipinski definition) is 0. The van der Waals surface area contributed by atoms with Gasteiger partial charge >= 0.3 is 0 Å². The first-order chi connectivity index (χ1) is 11.8. The van der Waals surface area contributed by atoms with Crippen LogP contribution in [0.1, 0.15) is 103 Å². The average molecular weight is 330 g/mol. The van der Waals surface area contributed by atoms with Crippen LogP contribution < -0.4 is 0 Å². The minimum Gasteiger partial charge on any atom is -0.198 e. The maximum Gasteiger partial charge on any atom is 0.0624 e. The van der Waals surface area contributed by atoms with Crippen LogP contribution in [0, 0.1) is 46.8 Å². The van der Waals surface area contributed by atoms with Crippen molar-refractivity contribution >= 4 is 0 Å². The highest BCUT2D eigenvalue weighted by molar-refractivity contribution is 4.87. The zero-order valence-electron chi connectivity index (χ0n) is 16.0. The Kier molecular flexibility index (Phi) is 7.06. The summed E-state index contributed by atoms with van der Waals surface area (Å²) in [6, 6.07) is 2.38. The average Bonchev–Trinajstić information content (AvgIpc) is 2.64. The van der Waals surface area contributed by atoms with Gasteiger partial charge in [0.05, 0.1) is 6.07 Å². The molecule has 0 aromatic carbocycles. The van der Waals surface area contributed by atoms with Crippen LogP contribution in [0.25, 0.3) is 0 Å². The molecule has 3 aliphatic carbocycles. The minimum absolute atomic E-state index is 0.723. The van der Waals surface area contributed by atoms with Crippen molar-refractivity contribution in [2.45, 2.75) is 103 Å². The van der Waals surface area contributed by atoms with E-state index < -0.39 is 0 Å². The molecule has 0 unspecified atom stereocenters. The summed E-state index contributed by atoms with van der Waals surface area (Å²) in [5.41, 5.74) is 0. The Balaban J connectivity index is 1.37. The van der Waals surface area contributed by atoms with E-state index in [2.05, 4.69) is 13.0 Å². The van der Waals surface area contributed by atoms with Gasteiger partial charge in [0, 0.05) is 6.42 Å². The summed E-state index contributed by atoms with van der Waals surface area (Å²) >= 11 is 0. The second kappa shape index (κ2) is 9.26. The number of nitrogens with zero attached hydrogens (tertiary/aromatic N) is 1. The molecule has 0 spiro atoms. The standard InChI is InChI=1S/C23H39N/c1-2-3-18-4-8-20(9-5-18)22-12-14-23(15-13-22)21-10-6-19(7-11-21)16-17-24/h18-23H,2-16H2,1H3. The molecule has 24 heavy (non-hydrogen) atoms. The van der Waals surface area contributed by atoms with Gasteiger partial charge in [0.25, 0.3) is 0 Å². The third kappa shape index (κ3) is 4.77. The van der Waals surface area contributed by atoms with Crippen LogP contribution in [0.2, 0.25) is 0 Å². The molecular weight excluding hydrogens is 290 g/mol. The molecule has 0 aromatic heterocycles. The summed E-state index contributed by atoms with van der Waals surface area (Å²) in [5.74, 6) is 5.96. The largest absolute Gasteiger partial charge is 0.198 e. The third-order valence-corrected chi connectivity index (χ3v) is 8.01. The normalized spacial score (nSPS) is 40.8. The van der Waals surface area contributed by atoms with Gasteiger partial charge in [-0.25, -0.2) is 0 Å². The minimum atomic E-state index is 0.723. The fourth-order valence-corrected chi connectivity index (χ4v) is 6.44. The van der Waals surface area contributed by atoms with Crippen LogP contribution in [0.3, 0.4) is 0 Å². The van der Waals surface area contributed by atoms with E-state index in [0.717, 1.165) is 41.9 Å². The summed E-state index contributed by atoms with van der Waals surface area (Å²) in [4.78, 5) is 0. The van der Waals surface area contributed by atoms with Gasteiger partial charge in [0.15, 0.2) is 0 Å². The van der Waals surface area contributed by atoms with Gasteiger partial charge in [-0.1, -0.05) is 32.6 Å². The first-order valence-electron chi connectivity index (χ1n) is 11.2. The molecule has 0 bridgehead atoms. The van der Waals surface area contributed by atoms with E-state index in [1.165, 1.54) is 77.0 Å². The predicted octanol–water partition coefficient (Wildman–Crippen LogP) is 7.12. The van der Waals surface area contributed by atoms with Crippen molar-refractivity contribution < 1.29 is 0 Å². The third-order valence-electron chi connectivity index (χ3n) is 8.01. The van der Waals surface area contributed by atoms with Crippen molar-refractivity contribution in [3.8, 4) is 6.07 Å². The summed E-state index contributed by atoms with van der Waals surface area (Å²) in [7, 11) is 0. The van der Waals surface area contributed by atoms with Gasteiger partial charge < -0.3 is 0 Å². The molecule has 3 fully saturated rings. The van der Waals surface area contributed by atoms with Crippen LogP contribution in [0.5, 0.6) is 0 Å². The Hall–Kier alpha value is -0.510. The van der Waals surface area contributed by atoms with E-state index in [9.17, 15) is 0 Å². The topological polar surface area (TPSA) is 23.8 Å². The summed E-state index contributed by atoms with van der Waals surface area (Å²) in [5, 5.41) is 8.88. The molecule has 0 N–H and O–H groups in total. The lowest BCUT2D eigenvalue weighted by molar-refractivity contribution is 0.104. The highest BCUT2D eigenvalue weighted by Gasteiger charge is 2.34. The summed E-state index contributed by atoms with van der Waals surface area (Å²) < 4.78 is 0. The van der Waals surface area contributed by atoms with Gasteiger partial charge in [-0.05, 0) is 99.7 Å². The second-order valence-electron chi connectivity index (χ2n) is 9.39. The van der Waals surface area contributed by atoms with E-state index in [1.54, 1.807) is 12.8 Å². The van der Waals surface area contributed by atoms with E-state index >= 15 is 0 Å². The summed E-state index contributed by atoms with van der Waals surface area (Å²) in [6.07, 6.45) is 21.4. The van der Waals surface area contributed by atoms with Crippen LogP contribution in [0.15, 0.2) is 0 Å². The Morgan fingerprint density at radius 2 is 1.00 bits per heavy atom. The molecule has 0 heterocycles. The maximum atomic E-state index is 8.88. The van der Waals surface area contributed by atoms with Crippen molar-refractivity contribution in [1.82, 2.24) is 0 Å². The van der Waals surface area contributed by atoms with Crippen LogP contribution in [-0.2, 0) is 0 Å². The Labute approximate surface area is 150 Å². The molecule has 0 amide bonds. The van der Waals surface area contributed by atoms with Crippen LogP contribution in [-0.4, -0.2) is 0 Å². The molecule has 0 saturated heterocycles. The molecule has 0 radical (unpaired) electrons. The second-order valence-corrected chi connectivity index (χ2v) is 9.39. The quantitative estimate of drug-likeness (QED) is 0.526. The molecule has 0 aliphatic heterocycles. The highest BCUT2D eigenvalue weighted by atomic mass is 14.4. The smallest absolute Gasteiger partial charge is 0.0624 e. The lowest BCUT2D eigenvalue weighted by atomic mass is 9.65. The fraction of sp³-hybridized carbons (Fsp3) is 0.957. The highest BCUT2D eigenvalue weighted by Crippen LogP contribution is 2.46. The maximum absolute atomic E-state index is 8.88. The zero-order chi connectivity index (χ0) is 16.8. The van der Waals surface area contributed by atoms with Gasteiger partial charge in [-0.15, -0.1) is 0 Å². The van der Waals surface area contributed by atoms with Crippen molar-refractivity contribution in [3.05, 3.63) is 0 Å². The Morgan fingerprint density at radius 3 is 1.38 bits per heavy atom. The lowest BCUT2D eigenvalue weighted by Crippen LogP contribution is -2.29. The molecule has 136 valence electrons. The molecule has 1 heteroatoms. The predicted molar refractivity (Wildman–Crippen MR) is 101 cm³/mol. The molecule has 0 aromatic rings. The lowest BCUT2D eigenvalue weighted by Gasteiger charge is -2.41. The van der Waals surface area contributed by atoms with Crippen molar-refractivity contribution in [2.75, 3.05) is 0 Å².